The molecule has 0 spiro atoms. The first kappa shape index (κ1) is 75.1. The molecule has 3 N–H and O–H groups in total. The van der Waals surface area contributed by atoms with E-state index >= 15 is 4.57 Å². The molecular weight excluding hydrogens is 1400 g/mol. The monoisotopic (exact) mass is 1480 g/mol. The number of H-pyrrole nitrogens is 3. The van der Waals surface area contributed by atoms with E-state index in [1.807, 2.05) is 111 Å². The summed E-state index contributed by atoms with van der Waals surface area (Å²) in [6.07, 6.45) is -5.89. The van der Waals surface area contributed by atoms with Crippen molar-refractivity contribution in [3.8, 4) is 23.3 Å². The lowest BCUT2D eigenvalue weighted by molar-refractivity contribution is -0.0965. The third-order valence-corrected chi connectivity index (χ3v) is 22.3. The number of nitriles is 1. The molecule has 0 amide bonds. The zero-order valence-corrected chi connectivity index (χ0v) is 60.7. The summed E-state index contributed by atoms with van der Waals surface area (Å²) in [6, 6.07) is 40.5. The van der Waals surface area contributed by atoms with Crippen LogP contribution in [0.1, 0.15) is 117 Å². The predicted molar refractivity (Wildman–Crippen MR) is 379 cm³/mol. The average Bonchev–Trinajstić information content (AvgIpc) is 1.33. The van der Waals surface area contributed by atoms with Gasteiger partial charge in [-0.15, -0.1) is 0 Å². The highest BCUT2D eigenvalue weighted by Crippen LogP contribution is 2.58. The molecule has 3 aliphatic heterocycles. The minimum absolute atomic E-state index is 0.000227. The fourth-order valence-electron chi connectivity index (χ4n) is 13.3. The number of aromatic amines is 3. The molecule has 30 heteroatoms. The number of hydrogen-bond donors (Lipinski definition) is 3. The van der Waals surface area contributed by atoms with E-state index in [0.29, 0.717) is 33.8 Å². The van der Waals surface area contributed by atoms with E-state index in [9.17, 15) is 34.0 Å². The number of phosphoric ester groups is 1. The summed E-state index contributed by atoms with van der Waals surface area (Å²) in [6.45, 7) is 11.6. The molecule has 3 unspecified atom stereocenters. The minimum atomic E-state index is -5.24. The molecule has 26 nitrogen and oxygen atoms in total. The third kappa shape index (κ3) is 16.6. The number of benzene rings is 5. The van der Waals surface area contributed by atoms with Crippen molar-refractivity contribution >= 4 is 39.6 Å². The Morgan fingerprint density at radius 3 is 1.71 bits per heavy atom. The lowest BCUT2D eigenvalue weighted by Gasteiger charge is -2.39. The summed E-state index contributed by atoms with van der Waals surface area (Å²) >= 11 is 13.8. The van der Waals surface area contributed by atoms with Gasteiger partial charge in [-0.1, -0.05) is 102 Å². The van der Waals surface area contributed by atoms with Gasteiger partial charge in [-0.25, -0.2) is 23.6 Å². The number of ether oxygens (including phenoxy) is 6. The summed E-state index contributed by atoms with van der Waals surface area (Å²) in [4.78, 5) is 88.1. The SMILES string of the molecule is COc1ccc(C(OC[C@@H]2O[C@@H](n3cc(C)c(=O)[nH]c3=O)C[C@H]2C(c2cc[c]c(Cl)c2)[C@H]2O[C@@H](n3cc(C)c(=O)[nH]c3=O)C[C@@H]2OP(=O)(OC[C@H]2O[C@@H](n3cc(C)c(=O)[nH]c3=O)C[C@@H]2OP(OCCC#N)N(C(C)C)C(C)C)Oc2ccccc2Cl)(c2ccccc2)c2ccc(OC)cc2)cc1. The molecule has 102 heavy (non-hydrogen) atoms. The largest absolute Gasteiger partial charge is 0.530 e. The molecule has 3 fully saturated rings. The van der Waals surface area contributed by atoms with Gasteiger partial charge in [0, 0.05) is 83.1 Å². The lowest BCUT2D eigenvalue weighted by atomic mass is 9.76. The highest BCUT2D eigenvalue weighted by Gasteiger charge is 2.55. The Kier molecular flexibility index (Phi) is 24.1. The lowest BCUT2D eigenvalue weighted by Crippen LogP contribution is -2.41. The summed E-state index contributed by atoms with van der Waals surface area (Å²) in [7, 11) is -4.09. The second kappa shape index (κ2) is 32.7. The van der Waals surface area contributed by atoms with Gasteiger partial charge in [-0.05, 0) is 120 Å². The van der Waals surface area contributed by atoms with Gasteiger partial charge in [-0.3, -0.25) is 52.1 Å². The summed E-state index contributed by atoms with van der Waals surface area (Å²) < 4.78 is 95.6. The van der Waals surface area contributed by atoms with Crippen LogP contribution in [0.2, 0.25) is 10.0 Å². The summed E-state index contributed by atoms with van der Waals surface area (Å²) in [5, 5.41) is 9.77. The molecule has 6 heterocycles. The first-order valence-corrected chi connectivity index (χ1v) is 36.5. The Hall–Kier alpha value is -8.09. The molecule has 11 rings (SSSR count). The number of nitrogens with zero attached hydrogens (tertiary/aromatic N) is 5. The average molecular weight is 1480 g/mol. The molecule has 8 aromatic rings. The highest BCUT2D eigenvalue weighted by molar-refractivity contribution is 7.49. The van der Waals surface area contributed by atoms with Gasteiger partial charge >= 0.3 is 24.9 Å². The Labute approximate surface area is 598 Å². The zero-order valence-electron chi connectivity index (χ0n) is 57.4. The van der Waals surface area contributed by atoms with E-state index < -0.39 is 123 Å². The van der Waals surface area contributed by atoms with Crippen molar-refractivity contribution in [1.82, 2.24) is 33.3 Å². The van der Waals surface area contributed by atoms with Gasteiger partial charge in [0.25, 0.3) is 25.2 Å². The molecule has 12 atom stereocenters. The van der Waals surface area contributed by atoms with E-state index in [1.165, 1.54) is 58.3 Å². The predicted octanol–water partition coefficient (Wildman–Crippen LogP) is 11.2. The number of methoxy groups -OCH3 is 2. The molecule has 3 aliphatic rings. The Bertz CT molecular complexity index is 4660. The Morgan fingerprint density at radius 2 is 1.18 bits per heavy atom. The second-order valence-electron chi connectivity index (χ2n) is 25.5. The molecule has 5 aromatic carbocycles. The van der Waals surface area contributed by atoms with E-state index in [2.05, 4.69) is 27.1 Å². The van der Waals surface area contributed by atoms with Crippen LogP contribution >= 0.6 is 39.6 Å². The van der Waals surface area contributed by atoms with Crippen molar-refractivity contribution in [2.45, 2.75) is 147 Å². The summed E-state index contributed by atoms with van der Waals surface area (Å²) in [5.41, 5.74) is -2.59. The van der Waals surface area contributed by atoms with Crippen LogP contribution in [0, 0.1) is 44.1 Å². The van der Waals surface area contributed by atoms with Crippen LogP contribution in [0.15, 0.2) is 169 Å². The van der Waals surface area contributed by atoms with Gasteiger partial charge in [0.2, 0.25) is 0 Å². The normalized spacial score (nSPS) is 21.8. The maximum atomic E-state index is 16.6. The zero-order chi connectivity index (χ0) is 72.7. The van der Waals surface area contributed by atoms with Gasteiger partial charge in [-0.2, -0.15) is 5.26 Å². The topological polar surface area (TPSA) is 310 Å². The van der Waals surface area contributed by atoms with Crippen molar-refractivity contribution in [2.24, 2.45) is 5.92 Å². The first-order chi connectivity index (χ1) is 48.9. The number of nitrogens with one attached hydrogen (secondary N) is 3. The molecule has 0 bridgehead atoms. The molecule has 3 aromatic heterocycles. The van der Waals surface area contributed by atoms with Crippen molar-refractivity contribution in [3.63, 3.8) is 0 Å². The van der Waals surface area contributed by atoms with Crippen molar-refractivity contribution < 1.29 is 55.6 Å². The quantitative estimate of drug-likeness (QED) is 0.0223. The van der Waals surface area contributed by atoms with Crippen molar-refractivity contribution in [1.29, 1.82) is 5.26 Å². The number of para-hydroxylation sites is 1. The van der Waals surface area contributed by atoms with Crippen molar-refractivity contribution in [3.05, 3.63) is 257 Å². The fourth-order valence-corrected chi connectivity index (χ4v) is 16.9. The molecule has 0 aliphatic carbocycles. The van der Waals surface area contributed by atoms with Gasteiger partial charge < -0.3 is 42.0 Å². The summed E-state index contributed by atoms with van der Waals surface area (Å²) in [5.74, 6) is -0.899. The highest BCUT2D eigenvalue weighted by atomic mass is 35.5. The molecule has 3 saturated heterocycles. The standard InChI is InChI=1S/C72H79Cl2N8O18P2/c1-42(2)82(43(3)4)101(93-32-16-31-75)98-57-35-62(80-38-45(6)67(84)77-70(80)87)96-60(57)41-94-102(89,99-56-22-14-13-21-55(56)74)100-58-36-63(81-39-46(7)68(85)78-71(81)88)97-65(58)64(47-17-15-20-51(73)33-47)54-34-61(79-37-44(5)66(83)76-69(79)86)95-59(54)40-92-72(48-18-11-10-12-19-48,49-23-27-52(90-8)28-24-49)50-25-29-53(91-9)30-26-50/h10-15,17-19,21-30,33,37-39,42-43,54,57-65H,16,32,34-36,40-41H2,1-9H3,(H,76,83,86)(H,77,84,87)(H,78,85,88)/t54-,57+,58+,59+,60-,61-,62-,63-,64?,65+,101?,102?/m1/s1. The van der Waals surface area contributed by atoms with Gasteiger partial charge in [0.05, 0.1) is 69.9 Å². The molecule has 539 valence electrons. The van der Waals surface area contributed by atoms with Gasteiger partial charge in [0.1, 0.15) is 53.7 Å². The maximum absolute atomic E-state index is 16.6. The number of aryl methyl sites for hydroxylation is 3. The van der Waals surface area contributed by atoms with Crippen molar-refractivity contribution in [2.75, 3.05) is 34.0 Å². The minimum Gasteiger partial charge on any atom is -0.497 e. The first-order valence-electron chi connectivity index (χ1n) is 33.1. The van der Waals surface area contributed by atoms with Crippen LogP contribution < -0.4 is 47.7 Å². The Balaban J connectivity index is 1.06. The van der Waals surface area contributed by atoms with Crippen LogP contribution in [0.25, 0.3) is 0 Å². The van der Waals surface area contributed by atoms with E-state index in [0.717, 1.165) is 0 Å². The second-order valence-corrected chi connectivity index (χ2v) is 29.3. The van der Waals surface area contributed by atoms with Crippen LogP contribution in [0.5, 0.6) is 17.2 Å². The Morgan fingerprint density at radius 1 is 0.667 bits per heavy atom. The van der Waals surface area contributed by atoms with E-state index in [-0.39, 0.29) is 83.5 Å². The molecule has 0 saturated carbocycles. The number of phosphoric acid groups is 1. The van der Waals surface area contributed by atoms with Crippen LogP contribution in [-0.2, 0) is 47.2 Å². The molecule has 1 radical (unpaired) electrons. The molecular formula is C72H79Cl2N8O18P2. The third-order valence-electron chi connectivity index (χ3n) is 18.2. The smallest absolute Gasteiger partial charge is 0.497 e. The van der Waals surface area contributed by atoms with E-state index in [1.54, 1.807) is 51.5 Å². The number of rotatable bonds is 29. The van der Waals surface area contributed by atoms with Crippen LogP contribution in [0.3, 0.4) is 0 Å². The number of aromatic nitrogens is 6. The van der Waals surface area contributed by atoms with Crippen LogP contribution in [0.4, 0.5) is 0 Å². The maximum Gasteiger partial charge on any atom is 0.530 e. The van der Waals surface area contributed by atoms with Gasteiger partial charge in [0.15, 0.2) is 0 Å². The number of hydrogen-bond acceptors (Lipinski definition) is 20. The number of halogens is 2. The fraction of sp³-hybridized carbons (Fsp3) is 0.403. The van der Waals surface area contributed by atoms with Crippen LogP contribution in [-0.4, -0.2) is 110 Å². The van der Waals surface area contributed by atoms with E-state index in [4.69, 9.17) is 74.2 Å².